The zero-order chi connectivity index (χ0) is 16.1. The summed E-state index contributed by atoms with van der Waals surface area (Å²) in [5, 5.41) is 7.23. The molecular formula is C17H24N4O2. The quantitative estimate of drug-likeness (QED) is 0.895. The first kappa shape index (κ1) is 15.6. The maximum absolute atomic E-state index is 12.0. The summed E-state index contributed by atoms with van der Waals surface area (Å²) in [6.45, 7) is 3.09. The van der Waals surface area contributed by atoms with E-state index in [0.29, 0.717) is 12.6 Å². The summed E-state index contributed by atoms with van der Waals surface area (Å²) in [4.78, 5) is 14.3. The Morgan fingerprint density at radius 1 is 1.39 bits per heavy atom. The van der Waals surface area contributed by atoms with E-state index < -0.39 is 0 Å². The monoisotopic (exact) mass is 316 g/mol. The molecule has 2 atom stereocenters. The first-order chi connectivity index (χ1) is 11.2. The van der Waals surface area contributed by atoms with Crippen LogP contribution in [0.1, 0.15) is 38.2 Å². The van der Waals surface area contributed by atoms with Gasteiger partial charge in [-0.05, 0) is 38.2 Å². The molecule has 2 unspecified atom stereocenters. The molecule has 6 nitrogen and oxygen atoms in total. The van der Waals surface area contributed by atoms with Crippen molar-refractivity contribution in [1.82, 2.24) is 15.6 Å². The second-order valence-corrected chi connectivity index (χ2v) is 6.17. The highest BCUT2D eigenvalue weighted by Crippen LogP contribution is 2.24. The van der Waals surface area contributed by atoms with Crippen molar-refractivity contribution < 1.29 is 9.53 Å². The first-order valence-electron chi connectivity index (χ1n) is 8.23. The van der Waals surface area contributed by atoms with E-state index in [-0.39, 0.29) is 12.1 Å². The molecule has 0 saturated heterocycles. The van der Waals surface area contributed by atoms with Gasteiger partial charge < -0.3 is 15.0 Å². The number of benzene rings is 1. The zero-order valence-electron chi connectivity index (χ0n) is 13.5. The Morgan fingerprint density at radius 2 is 2.22 bits per heavy atom. The summed E-state index contributed by atoms with van der Waals surface area (Å²) < 4.78 is 5.31. The van der Waals surface area contributed by atoms with Crippen molar-refractivity contribution in [1.29, 1.82) is 0 Å². The highest BCUT2D eigenvalue weighted by molar-refractivity contribution is 5.80. The molecule has 0 radical (unpaired) electrons. The molecule has 1 aliphatic carbocycles. The van der Waals surface area contributed by atoms with Crippen LogP contribution in [0, 0.1) is 0 Å². The van der Waals surface area contributed by atoms with Crippen molar-refractivity contribution in [2.45, 2.75) is 51.3 Å². The number of amides is 1. The van der Waals surface area contributed by atoms with Gasteiger partial charge in [-0.3, -0.25) is 5.43 Å². The van der Waals surface area contributed by atoms with Gasteiger partial charge in [-0.15, -0.1) is 0 Å². The van der Waals surface area contributed by atoms with E-state index in [9.17, 15) is 4.79 Å². The van der Waals surface area contributed by atoms with Gasteiger partial charge in [-0.25, -0.2) is 4.79 Å². The minimum atomic E-state index is -0.329. The third kappa shape index (κ3) is 4.15. The Hall–Kier alpha value is -2.24. The molecular weight excluding hydrogens is 292 g/mol. The molecule has 6 heteroatoms. The number of carbonyl (C=O) groups excluding carboxylic acids is 1. The van der Waals surface area contributed by atoms with Gasteiger partial charge in [0.1, 0.15) is 19.1 Å². The lowest BCUT2D eigenvalue weighted by Gasteiger charge is -2.35. The van der Waals surface area contributed by atoms with Crippen LogP contribution in [0.3, 0.4) is 0 Å². The summed E-state index contributed by atoms with van der Waals surface area (Å²) in [6, 6.07) is 10.3. The fourth-order valence-electron chi connectivity index (χ4n) is 3.31. The van der Waals surface area contributed by atoms with Crippen LogP contribution in [0.2, 0.25) is 0 Å². The number of hydrogen-bond acceptors (Lipinski definition) is 5. The third-order valence-electron chi connectivity index (χ3n) is 4.52. The number of carbonyl (C=O) groups is 1. The van der Waals surface area contributed by atoms with E-state index in [1.807, 2.05) is 37.3 Å². The van der Waals surface area contributed by atoms with Crippen LogP contribution in [0.15, 0.2) is 35.4 Å². The largest absolute Gasteiger partial charge is 0.445 e. The number of alkyl carbamates (subject to hydrolysis) is 1. The van der Waals surface area contributed by atoms with E-state index in [0.717, 1.165) is 43.8 Å². The number of hydrogen-bond donors (Lipinski definition) is 2. The summed E-state index contributed by atoms with van der Waals surface area (Å²) in [5.74, 6) is 1.03. The van der Waals surface area contributed by atoms with E-state index in [1.165, 1.54) is 0 Å². The Bertz CT molecular complexity index is 561. The van der Waals surface area contributed by atoms with Crippen molar-refractivity contribution in [2.75, 3.05) is 6.67 Å². The molecule has 1 aromatic rings. The van der Waals surface area contributed by atoms with Gasteiger partial charge in [0.2, 0.25) is 0 Å². The third-order valence-corrected chi connectivity index (χ3v) is 4.52. The van der Waals surface area contributed by atoms with E-state index >= 15 is 0 Å². The molecule has 124 valence electrons. The Labute approximate surface area is 136 Å². The topological polar surface area (TPSA) is 66.0 Å². The molecule has 2 aliphatic rings. The van der Waals surface area contributed by atoms with E-state index in [2.05, 4.69) is 20.7 Å². The molecule has 1 fully saturated rings. The van der Waals surface area contributed by atoms with Crippen LogP contribution in [0.25, 0.3) is 0 Å². The van der Waals surface area contributed by atoms with Gasteiger partial charge in [0.15, 0.2) is 0 Å². The van der Waals surface area contributed by atoms with E-state index in [1.54, 1.807) is 0 Å². The van der Waals surface area contributed by atoms with Crippen molar-refractivity contribution in [3.05, 3.63) is 35.9 Å². The average molecular weight is 316 g/mol. The number of nitrogens with one attached hydrogen (secondary N) is 2. The van der Waals surface area contributed by atoms with Gasteiger partial charge >= 0.3 is 6.09 Å². The highest BCUT2D eigenvalue weighted by Gasteiger charge is 2.30. The Kier molecular flexibility index (Phi) is 5.00. The Morgan fingerprint density at radius 3 is 2.96 bits per heavy atom. The number of rotatable bonds is 4. The van der Waals surface area contributed by atoms with Crippen LogP contribution in [0.4, 0.5) is 4.79 Å². The summed E-state index contributed by atoms with van der Waals surface area (Å²) in [7, 11) is 0. The maximum atomic E-state index is 12.0. The van der Waals surface area contributed by atoms with Crippen LogP contribution >= 0.6 is 0 Å². The maximum Gasteiger partial charge on any atom is 0.407 e. The number of amidine groups is 1. The lowest BCUT2D eigenvalue weighted by molar-refractivity contribution is 0.128. The first-order valence-corrected chi connectivity index (χ1v) is 8.23. The van der Waals surface area contributed by atoms with Crippen molar-refractivity contribution in [3.8, 4) is 0 Å². The molecule has 0 bridgehead atoms. The molecule has 1 saturated carbocycles. The summed E-state index contributed by atoms with van der Waals surface area (Å²) in [6.07, 6.45) is 3.87. The molecule has 1 heterocycles. The lowest BCUT2D eigenvalue weighted by Crippen LogP contribution is -2.47. The second kappa shape index (κ2) is 7.35. The van der Waals surface area contributed by atoms with Crippen LogP contribution in [0.5, 0.6) is 0 Å². The lowest BCUT2D eigenvalue weighted by atomic mass is 9.90. The molecule has 2 N–H and O–H groups in total. The van der Waals surface area contributed by atoms with Crippen molar-refractivity contribution >= 4 is 11.9 Å². The van der Waals surface area contributed by atoms with Gasteiger partial charge in [0, 0.05) is 12.1 Å². The Balaban J connectivity index is 1.45. The van der Waals surface area contributed by atoms with Crippen molar-refractivity contribution in [3.63, 3.8) is 0 Å². The smallest absolute Gasteiger partial charge is 0.407 e. The predicted molar refractivity (Wildman–Crippen MR) is 88.8 cm³/mol. The zero-order valence-corrected chi connectivity index (χ0v) is 13.5. The standard InChI is InChI=1S/C17H24N4O2/c1-13-20-18-12-21(13)16-9-5-8-15(10-16)19-17(22)23-11-14-6-3-2-4-7-14/h2-4,6-7,15-16,18H,5,8-12H2,1H3,(H,19,22). The fourth-order valence-corrected chi connectivity index (χ4v) is 3.31. The van der Waals surface area contributed by atoms with Gasteiger partial charge in [-0.2, -0.15) is 5.10 Å². The summed E-state index contributed by atoms with van der Waals surface area (Å²) >= 11 is 0. The highest BCUT2D eigenvalue weighted by atomic mass is 16.5. The summed E-state index contributed by atoms with van der Waals surface area (Å²) in [5.41, 5.74) is 4.01. The van der Waals surface area contributed by atoms with Crippen molar-refractivity contribution in [2.24, 2.45) is 5.10 Å². The van der Waals surface area contributed by atoms with Crippen LogP contribution < -0.4 is 10.7 Å². The molecule has 1 aromatic carbocycles. The minimum Gasteiger partial charge on any atom is -0.445 e. The SMILES string of the molecule is CC1=NNCN1C1CCCC(NC(=O)OCc2ccccc2)C1. The molecule has 23 heavy (non-hydrogen) atoms. The second-order valence-electron chi connectivity index (χ2n) is 6.17. The molecule has 1 aliphatic heterocycles. The average Bonchev–Trinajstić information content (AvgIpc) is 3.00. The van der Waals surface area contributed by atoms with Gasteiger partial charge in [0.05, 0.1) is 0 Å². The number of nitrogens with zero attached hydrogens (tertiary/aromatic N) is 2. The molecule has 1 amide bonds. The van der Waals surface area contributed by atoms with Crippen LogP contribution in [-0.2, 0) is 11.3 Å². The van der Waals surface area contributed by atoms with E-state index in [4.69, 9.17) is 4.74 Å². The predicted octanol–water partition coefficient (Wildman–Crippen LogP) is 2.42. The van der Waals surface area contributed by atoms with Gasteiger partial charge in [0.25, 0.3) is 0 Å². The fraction of sp³-hybridized carbons (Fsp3) is 0.529. The molecule has 0 spiro atoms. The normalized spacial score (nSPS) is 23.9. The number of ether oxygens (including phenoxy) is 1. The number of hydrazone groups is 1. The molecule has 0 aromatic heterocycles. The minimum absolute atomic E-state index is 0.172. The van der Waals surface area contributed by atoms with Gasteiger partial charge in [-0.1, -0.05) is 30.3 Å². The van der Waals surface area contributed by atoms with Crippen LogP contribution in [-0.4, -0.2) is 35.6 Å². The molecule has 3 rings (SSSR count).